The van der Waals surface area contributed by atoms with Crippen molar-refractivity contribution in [3.63, 3.8) is 0 Å². The van der Waals surface area contributed by atoms with Crippen molar-refractivity contribution in [1.82, 2.24) is 29.5 Å². The van der Waals surface area contributed by atoms with Crippen LogP contribution in [0.5, 0.6) is 0 Å². The minimum atomic E-state index is 0.0120. The summed E-state index contributed by atoms with van der Waals surface area (Å²) in [5.41, 5.74) is 2.21. The molecule has 0 atom stereocenters. The maximum absolute atomic E-state index is 12.7. The van der Waals surface area contributed by atoms with Gasteiger partial charge in [-0.05, 0) is 43.9 Å². The molecule has 5 rings (SSSR count). The molecule has 4 aromatic rings. The number of aromatic nitrogens is 6. The summed E-state index contributed by atoms with van der Waals surface area (Å²) in [5.74, 6) is 1.63. The Hall–Kier alpha value is -3.26. The molecule has 3 aromatic heterocycles. The maximum Gasteiger partial charge on any atom is 0.225 e. The third-order valence-electron chi connectivity index (χ3n) is 5.90. The number of hydrogen-bond acceptors (Lipinski definition) is 5. The van der Waals surface area contributed by atoms with Gasteiger partial charge in [-0.3, -0.25) is 4.79 Å². The highest BCUT2D eigenvalue weighted by atomic mass is 35.5. The summed E-state index contributed by atoms with van der Waals surface area (Å²) >= 11 is 6.15. The zero-order chi connectivity index (χ0) is 22.1. The summed E-state index contributed by atoms with van der Waals surface area (Å²) in [7, 11) is 0. The van der Waals surface area contributed by atoms with Crippen molar-refractivity contribution < 1.29 is 4.79 Å². The monoisotopic (exact) mass is 449 g/mol. The van der Waals surface area contributed by atoms with Gasteiger partial charge in [0.2, 0.25) is 5.91 Å². The number of aryl methyl sites for hydroxylation is 1. The Morgan fingerprint density at radius 1 is 1.16 bits per heavy atom. The summed E-state index contributed by atoms with van der Waals surface area (Å²) in [6, 6.07) is 9.27. The van der Waals surface area contributed by atoms with Crippen LogP contribution in [0.4, 0.5) is 5.82 Å². The lowest BCUT2D eigenvalue weighted by molar-refractivity contribution is -0.117. The molecule has 9 heteroatoms. The SMILES string of the molecule is Cc1cc(NC(=O)CC2CCCCC2)n(-c2ncnc3c2cnn3-c2cccc(Cl)c2)n1. The molecular formula is C23H24ClN7O. The first-order valence-electron chi connectivity index (χ1n) is 10.9. The summed E-state index contributed by atoms with van der Waals surface area (Å²) < 4.78 is 3.37. The minimum absolute atomic E-state index is 0.0120. The van der Waals surface area contributed by atoms with Crippen LogP contribution >= 0.6 is 11.6 Å². The van der Waals surface area contributed by atoms with E-state index in [-0.39, 0.29) is 5.91 Å². The fourth-order valence-corrected chi connectivity index (χ4v) is 4.58. The molecule has 1 amide bonds. The zero-order valence-electron chi connectivity index (χ0n) is 17.8. The number of halogens is 1. The number of carbonyl (C=O) groups excluding carboxylic acids is 1. The summed E-state index contributed by atoms with van der Waals surface area (Å²) in [4.78, 5) is 21.6. The van der Waals surface area contributed by atoms with Crippen molar-refractivity contribution >= 4 is 34.4 Å². The van der Waals surface area contributed by atoms with Crippen molar-refractivity contribution in [2.45, 2.75) is 45.4 Å². The number of benzene rings is 1. The molecule has 0 spiro atoms. The Morgan fingerprint density at radius 2 is 2.00 bits per heavy atom. The Balaban J connectivity index is 1.47. The third-order valence-corrected chi connectivity index (χ3v) is 6.13. The van der Waals surface area contributed by atoms with Gasteiger partial charge in [-0.2, -0.15) is 14.9 Å². The Bertz CT molecular complexity index is 1270. The van der Waals surface area contributed by atoms with E-state index in [4.69, 9.17) is 11.6 Å². The van der Waals surface area contributed by atoms with E-state index in [1.165, 1.54) is 25.6 Å². The first kappa shape index (κ1) is 20.6. The van der Waals surface area contributed by atoms with Crippen LogP contribution in [0.1, 0.15) is 44.2 Å². The van der Waals surface area contributed by atoms with Crippen molar-refractivity contribution in [1.29, 1.82) is 0 Å². The number of fused-ring (bicyclic) bond motifs is 1. The lowest BCUT2D eigenvalue weighted by atomic mass is 9.87. The van der Waals surface area contributed by atoms with Gasteiger partial charge in [-0.15, -0.1) is 0 Å². The predicted octanol–water partition coefficient (Wildman–Crippen LogP) is 4.87. The van der Waals surface area contributed by atoms with Crippen LogP contribution in [0.25, 0.3) is 22.5 Å². The number of nitrogens with one attached hydrogen (secondary N) is 1. The van der Waals surface area contributed by atoms with E-state index in [0.29, 0.717) is 34.6 Å². The number of carbonyl (C=O) groups is 1. The minimum Gasteiger partial charge on any atom is -0.311 e. The van der Waals surface area contributed by atoms with E-state index < -0.39 is 0 Å². The summed E-state index contributed by atoms with van der Waals surface area (Å²) in [5, 5.41) is 13.5. The van der Waals surface area contributed by atoms with E-state index in [1.54, 1.807) is 15.6 Å². The van der Waals surface area contributed by atoms with Gasteiger partial charge in [-0.25, -0.2) is 14.6 Å². The predicted molar refractivity (Wildman–Crippen MR) is 123 cm³/mol. The van der Waals surface area contributed by atoms with E-state index in [9.17, 15) is 4.79 Å². The Labute approximate surface area is 190 Å². The molecule has 0 radical (unpaired) electrons. The summed E-state index contributed by atoms with van der Waals surface area (Å²) in [6.45, 7) is 1.89. The molecule has 164 valence electrons. The lowest BCUT2D eigenvalue weighted by Gasteiger charge is -2.20. The Morgan fingerprint density at radius 3 is 2.81 bits per heavy atom. The van der Waals surface area contributed by atoms with Gasteiger partial charge in [-0.1, -0.05) is 36.9 Å². The van der Waals surface area contributed by atoms with Gasteiger partial charge in [0, 0.05) is 17.5 Å². The number of hydrogen-bond donors (Lipinski definition) is 1. The van der Waals surface area contributed by atoms with Crippen LogP contribution in [0, 0.1) is 12.8 Å². The fourth-order valence-electron chi connectivity index (χ4n) is 4.39. The second kappa shape index (κ2) is 8.70. The lowest BCUT2D eigenvalue weighted by Crippen LogP contribution is -2.20. The van der Waals surface area contributed by atoms with E-state index >= 15 is 0 Å². The van der Waals surface area contributed by atoms with Gasteiger partial charge in [0.1, 0.15) is 12.1 Å². The standard InChI is InChI=1S/C23H24ClN7O/c1-15-10-20(28-21(32)11-16-6-3-2-4-7-16)31(29-15)23-19-13-27-30(22(19)25-14-26-23)18-9-5-8-17(24)12-18/h5,8-10,12-14,16H,2-4,6-7,11H2,1H3,(H,28,32). The van der Waals surface area contributed by atoms with Gasteiger partial charge < -0.3 is 5.32 Å². The second-order valence-electron chi connectivity index (χ2n) is 8.31. The van der Waals surface area contributed by atoms with Crippen LogP contribution in [-0.2, 0) is 4.79 Å². The number of rotatable bonds is 5. The fraction of sp³-hybridized carbons (Fsp3) is 0.348. The first-order valence-corrected chi connectivity index (χ1v) is 11.3. The van der Waals surface area contributed by atoms with Crippen LogP contribution in [-0.4, -0.2) is 35.4 Å². The highest BCUT2D eigenvalue weighted by molar-refractivity contribution is 6.30. The molecule has 1 saturated carbocycles. The zero-order valence-corrected chi connectivity index (χ0v) is 18.6. The van der Waals surface area contributed by atoms with Gasteiger partial charge in [0.25, 0.3) is 0 Å². The van der Waals surface area contributed by atoms with E-state index in [2.05, 4.69) is 25.5 Å². The number of amides is 1. The van der Waals surface area contributed by atoms with E-state index in [1.807, 2.05) is 37.3 Å². The molecule has 1 aromatic carbocycles. The molecule has 32 heavy (non-hydrogen) atoms. The summed E-state index contributed by atoms with van der Waals surface area (Å²) in [6.07, 6.45) is 9.67. The molecule has 1 aliphatic rings. The highest BCUT2D eigenvalue weighted by Gasteiger charge is 2.20. The van der Waals surface area contributed by atoms with Gasteiger partial charge in [0.05, 0.1) is 23.0 Å². The molecule has 1 N–H and O–H groups in total. The van der Waals surface area contributed by atoms with Crippen molar-refractivity contribution in [2.75, 3.05) is 5.32 Å². The molecular weight excluding hydrogens is 426 g/mol. The van der Waals surface area contributed by atoms with Crippen LogP contribution in [0.15, 0.2) is 42.9 Å². The largest absolute Gasteiger partial charge is 0.311 e. The third kappa shape index (κ3) is 4.10. The second-order valence-corrected chi connectivity index (χ2v) is 8.75. The maximum atomic E-state index is 12.7. The molecule has 8 nitrogen and oxygen atoms in total. The molecule has 3 heterocycles. The van der Waals surface area contributed by atoms with Crippen molar-refractivity contribution in [3.8, 4) is 11.5 Å². The van der Waals surface area contributed by atoms with Crippen LogP contribution < -0.4 is 5.32 Å². The smallest absolute Gasteiger partial charge is 0.225 e. The molecule has 1 fully saturated rings. The Kier molecular flexibility index (Phi) is 5.61. The highest BCUT2D eigenvalue weighted by Crippen LogP contribution is 2.28. The molecule has 1 aliphatic carbocycles. The molecule has 0 bridgehead atoms. The van der Waals surface area contributed by atoms with Crippen molar-refractivity contribution in [2.24, 2.45) is 5.92 Å². The average Bonchev–Trinajstić information content (AvgIpc) is 3.37. The molecule has 0 unspecified atom stereocenters. The van der Waals surface area contributed by atoms with Gasteiger partial charge >= 0.3 is 0 Å². The topological polar surface area (TPSA) is 90.5 Å². The van der Waals surface area contributed by atoms with Crippen LogP contribution in [0.3, 0.4) is 0 Å². The number of nitrogens with zero attached hydrogens (tertiary/aromatic N) is 6. The molecule has 0 aliphatic heterocycles. The molecule has 0 saturated heterocycles. The van der Waals surface area contributed by atoms with Crippen LogP contribution in [0.2, 0.25) is 5.02 Å². The average molecular weight is 450 g/mol. The van der Waals surface area contributed by atoms with Crippen molar-refractivity contribution in [3.05, 3.63) is 53.6 Å². The van der Waals surface area contributed by atoms with E-state index in [0.717, 1.165) is 29.6 Å². The number of anilines is 1. The van der Waals surface area contributed by atoms with Gasteiger partial charge in [0.15, 0.2) is 11.5 Å². The first-order chi connectivity index (χ1) is 15.6. The normalized spacial score (nSPS) is 14.7. The quantitative estimate of drug-likeness (QED) is 0.469.